The van der Waals surface area contributed by atoms with E-state index in [1.807, 2.05) is 0 Å². The molecule has 0 aromatic rings. The highest BCUT2D eigenvalue weighted by molar-refractivity contribution is 5.88. The van der Waals surface area contributed by atoms with Gasteiger partial charge in [-0.15, -0.1) is 0 Å². The van der Waals surface area contributed by atoms with Crippen molar-refractivity contribution in [3.05, 3.63) is 0 Å². The number of hydrogen-bond acceptors (Lipinski definition) is 4. The Balaban J connectivity index is 1.89. The second-order valence-electron chi connectivity index (χ2n) is 4.32. The maximum Gasteiger partial charge on any atom is 0.170 e. The van der Waals surface area contributed by atoms with Crippen LogP contribution in [-0.4, -0.2) is 31.6 Å². The van der Waals surface area contributed by atoms with Crippen LogP contribution in [0.5, 0.6) is 0 Å². The van der Waals surface area contributed by atoms with Gasteiger partial charge in [-0.05, 0) is 0 Å². The van der Waals surface area contributed by atoms with Gasteiger partial charge in [0.2, 0.25) is 0 Å². The SMILES string of the molecule is O=C1C2C3OCC2C2COC(O3)C12. The minimum atomic E-state index is -0.302. The minimum Gasteiger partial charge on any atom is -0.351 e. The molecule has 1 saturated carbocycles. The second kappa shape index (κ2) is 1.97. The molecular weight excluding hydrogens is 172 g/mol. The third-order valence-corrected chi connectivity index (χ3v) is 3.89. The zero-order valence-electron chi connectivity index (χ0n) is 7.01. The van der Waals surface area contributed by atoms with Gasteiger partial charge in [0.1, 0.15) is 5.78 Å². The van der Waals surface area contributed by atoms with Crippen LogP contribution in [0, 0.1) is 23.7 Å². The summed E-state index contributed by atoms with van der Waals surface area (Å²) in [7, 11) is 0. The van der Waals surface area contributed by atoms with Gasteiger partial charge < -0.3 is 14.2 Å². The number of hydrogen-bond donors (Lipinski definition) is 0. The van der Waals surface area contributed by atoms with E-state index in [2.05, 4.69) is 0 Å². The number of ether oxygens (including phenoxy) is 3. The third kappa shape index (κ3) is 0.610. The molecule has 4 nitrogen and oxygen atoms in total. The number of Topliss-reactive ketones (excluding diaryl/α,β-unsaturated/α-hetero) is 1. The fraction of sp³-hybridized carbons (Fsp3) is 0.889. The molecular formula is C9H10O4. The van der Waals surface area contributed by atoms with Gasteiger partial charge in [-0.2, -0.15) is 0 Å². The molecule has 6 unspecified atom stereocenters. The molecule has 4 rings (SSSR count). The lowest BCUT2D eigenvalue weighted by Crippen LogP contribution is -2.42. The van der Waals surface area contributed by atoms with Crippen LogP contribution in [0.1, 0.15) is 0 Å². The zero-order valence-corrected chi connectivity index (χ0v) is 7.01. The summed E-state index contributed by atoms with van der Waals surface area (Å²) >= 11 is 0. The quantitative estimate of drug-likeness (QED) is 0.519. The summed E-state index contributed by atoms with van der Waals surface area (Å²) in [6.07, 6.45) is -0.604. The predicted octanol–water partition coefficient (Wildman–Crippen LogP) is -0.223. The van der Waals surface area contributed by atoms with Crippen LogP contribution in [0.15, 0.2) is 0 Å². The summed E-state index contributed by atoms with van der Waals surface area (Å²) in [6, 6.07) is 0. The van der Waals surface area contributed by atoms with Crippen molar-refractivity contribution in [2.75, 3.05) is 13.2 Å². The van der Waals surface area contributed by atoms with E-state index in [0.29, 0.717) is 30.8 Å². The van der Waals surface area contributed by atoms with E-state index in [1.54, 1.807) is 0 Å². The normalized spacial score (nSPS) is 62.0. The molecule has 1 aliphatic carbocycles. The van der Waals surface area contributed by atoms with Crippen molar-refractivity contribution in [2.45, 2.75) is 12.6 Å². The summed E-state index contributed by atoms with van der Waals surface area (Å²) in [6.45, 7) is 1.36. The first-order valence-electron chi connectivity index (χ1n) is 4.78. The van der Waals surface area contributed by atoms with Crippen LogP contribution in [-0.2, 0) is 19.0 Å². The maximum atomic E-state index is 11.9. The van der Waals surface area contributed by atoms with E-state index in [0.717, 1.165) is 0 Å². The summed E-state index contributed by atoms with van der Waals surface area (Å²) in [5.41, 5.74) is 0. The monoisotopic (exact) mass is 182 g/mol. The number of carbonyl (C=O) groups excluding carboxylic acids is 1. The lowest BCUT2D eigenvalue weighted by atomic mass is 9.91. The van der Waals surface area contributed by atoms with Crippen molar-refractivity contribution in [3.8, 4) is 0 Å². The number of fused-ring (bicyclic) bond motifs is 1. The number of rotatable bonds is 0. The van der Waals surface area contributed by atoms with Gasteiger partial charge in [-0.1, -0.05) is 0 Å². The average Bonchev–Trinajstić information content (AvgIpc) is 2.65. The van der Waals surface area contributed by atoms with Crippen molar-refractivity contribution >= 4 is 5.78 Å². The fourth-order valence-electron chi connectivity index (χ4n) is 3.30. The molecule has 0 spiro atoms. The average molecular weight is 182 g/mol. The predicted molar refractivity (Wildman–Crippen MR) is 39.5 cm³/mol. The van der Waals surface area contributed by atoms with Crippen LogP contribution in [0.3, 0.4) is 0 Å². The first-order chi connectivity index (χ1) is 6.36. The molecule has 0 radical (unpaired) electrons. The van der Waals surface area contributed by atoms with Crippen LogP contribution >= 0.6 is 0 Å². The van der Waals surface area contributed by atoms with E-state index in [4.69, 9.17) is 14.2 Å². The Labute approximate surface area is 75.1 Å². The lowest BCUT2D eigenvalue weighted by molar-refractivity contribution is -0.250. The van der Waals surface area contributed by atoms with Crippen molar-refractivity contribution in [2.24, 2.45) is 23.7 Å². The Morgan fingerprint density at radius 3 is 2.08 bits per heavy atom. The first kappa shape index (κ1) is 6.92. The van der Waals surface area contributed by atoms with Gasteiger partial charge in [0.15, 0.2) is 12.6 Å². The van der Waals surface area contributed by atoms with E-state index in [-0.39, 0.29) is 24.4 Å². The molecule has 3 heterocycles. The molecule has 0 aromatic carbocycles. The Bertz CT molecular complexity index is 263. The van der Waals surface area contributed by atoms with E-state index in [9.17, 15) is 4.79 Å². The molecule has 4 fully saturated rings. The molecule has 4 heteroatoms. The Kier molecular flexibility index (Phi) is 1.05. The van der Waals surface area contributed by atoms with E-state index < -0.39 is 0 Å². The Morgan fingerprint density at radius 2 is 1.54 bits per heavy atom. The van der Waals surface area contributed by atoms with Crippen molar-refractivity contribution < 1.29 is 19.0 Å². The molecule has 2 bridgehead atoms. The Morgan fingerprint density at radius 1 is 1.00 bits per heavy atom. The van der Waals surface area contributed by atoms with Crippen LogP contribution in [0.25, 0.3) is 0 Å². The molecule has 0 N–H and O–H groups in total. The smallest absolute Gasteiger partial charge is 0.170 e. The highest BCUT2D eigenvalue weighted by Gasteiger charge is 2.66. The largest absolute Gasteiger partial charge is 0.351 e. The van der Waals surface area contributed by atoms with Gasteiger partial charge >= 0.3 is 0 Å². The maximum absolute atomic E-state index is 11.9. The highest BCUT2D eigenvalue weighted by atomic mass is 16.8. The van der Waals surface area contributed by atoms with Crippen LogP contribution < -0.4 is 0 Å². The van der Waals surface area contributed by atoms with Crippen molar-refractivity contribution in [1.29, 1.82) is 0 Å². The summed E-state index contributed by atoms with van der Waals surface area (Å²) < 4.78 is 16.4. The van der Waals surface area contributed by atoms with Gasteiger partial charge in [0.05, 0.1) is 25.0 Å². The molecule has 4 aliphatic rings. The standard InChI is InChI=1S/C9H10O4/c10-7-5-3-1-11-8(5)13-9-6(7)4(3)2-12-9/h3-6,8-9H,1-2H2. The van der Waals surface area contributed by atoms with Crippen LogP contribution in [0.4, 0.5) is 0 Å². The lowest BCUT2D eigenvalue weighted by Gasteiger charge is -2.28. The summed E-state index contributed by atoms with van der Waals surface area (Å²) in [5.74, 6) is 1.11. The molecule has 6 atom stereocenters. The van der Waals surface area contributed by atoms with E-state index >= 15 is 0 Å². The molecule has 13 heavy (non-hydrogen) atoms. The summed E-state index contributed by atoms with van der Waals surface area (Å²) in [4.78, 5) is 11.9. The fourth-order valence-corrected chi connectivity index (χ4v) is 3.30. The first-order valence-corrected chi connectivity index (χ1v) is 4.78. The molecule has 70 valence electrons. The van der Waals surface area contributed by atoms with Gasteiger partial charge in [0.25, 0.3) is 0 Å². The molecule has 3 aliphatic heterocycles. The Hall–Kier alpha value is -0.450. The van der Waals surface area contributed by atoms with Gasteiger partial charge in [0, 0.05) is 11.8 Å². The molecule has 0 amide bonds. The van der Waals surface area contributed by atoms with Gasteiger partial charge in [-0.25, -0.2) is 0 Å². The topological polar surface area (TPSA) is 44.8 Å². The van der Waals surface area contributed by atoms with Crippen molar-refractivity contribution in [1.82, 2.24) is 0 Å². The number of carbonyl (C=O) groups is 1. The number of ketones is 1. The van der Waals surface area contributed by atoms with E-state index in [1.165, 1.54) is 0 Å². The minimum absolute atomic E-state index is 0.0233. The summed E-state index contributed by atoms with van der Waals surface area (Å²) in [5, 5.41) is 0. The molecule has 0 aromatic heterocycles. The van der Waals surface area contributed by atoms with Crippen LogP contribution in [0.2, 0.25) is 0 Å². The zero-order chi connectivity index (χ0) is 8.58. The third-order valence-electron chi connectivity index (χ3n) is 3.89. The second-order valence-corrected chi connectivity index (χ2v) is 4.32. The van der Waals surface area contributed by atoms with Gasteiger partial charge in [-0.3, -0.25) is 4.79 Å². The van der Waals surface area contributed by atoms with Crippen molar-refractivity contribution in [3.63, 3.8) is 0 Å². The highest BCUT2D eigenvalue weighted by Crippen LogP contribution is 2.54. The molecule has 3 saturated heterocycles.